The number of hydrogen-bond donors (Lipinski definition) is 2. The van der Waals surface area contributed by atoms with Gasteiger partial charge in [0.1, 0.15) is 0 Å². The Morgan fingerprint density at radius 3 is 2.50 bits per heavy atom. The zero-order valence-electron chi connectivity index (χ0n) is 12.3. The average molecular weight is 364 g/mol. The van der Waals surface area contributed by atoms with Crippen molar-refractivity contribution in [3.05, 3.63) is 27.7 Å². The third kappa shape index (κ3) is 4.26. The lowest BCUT2D eigenvalue weighted by atomic mass is 10.1. The molecular formula is C13H22BrN3O2S. The van der Waals surface area contributed by atoms with Crippen molar-refractivity contribution in [2.24, 2.45) is 5.73 Å². The molecule has 3 N–H and O–H groups in total. The van der Waals surface area contributed by atoms with Crippen LogP contribution in [0, 0.1) is 6.92 Å². The minimum atomic E-state index is -3.55. The molecule has 1 rings (SSSR count). The van der Waals surface area contributed by atoms with E-state index >= 15 is 0 Å². The van der Waals surface area contributed by atoms with Crippen molar-refractivity contribution in [1.82, 2.24) is 9.62 Å². The van der Waals surface area contributed by atoms with Crippen LogP contribution in [0.3, 0.4) is 0 Å². The first-order chi connectivity index (χ1) is 9.19. The summed E-state index contributed by atoms with van der Waals surface area (Å²) in [5.74, 6) is 0. The number of halogens is 1. The highest BCUT2D eigenvalue weighted by Gasteiger charge is 2.20. The molecule has 0 aliphatic carbocycles. The third-order valence-corrected chi connectivity index (χ3v) is 6.02. The van der Waals surface area contributed by atoms with E-state index in [0.717, 1.165) is 11.1 Å². The number of nitrogens with two attached hydrogens (primary N) is 1. The van der Waals surface area contributed by atoms with Gasteiger partial charge < -0.3 is 10.6 Å². The summed E-state index contributed by atoms with van der Waals surface area (Å²) in [5.41, 5.74) is 7.26. The molecule has 0 amide bonds. The van der Waals surface area contributed by atoms with E-state index in [2.05, 4.69) is 20.7 Å². The number of benzene rings is 1. The maximum absolute atomic E-state index is 12.4. The van der Waals surface area contributed by atoms with Crippen molar-refractivity contribution in [2.45, 2.75) is 31.3 Å². The second-order valence-corrected chi connectivity index (χ2v) is 7.62. The Morgan fingerprint density at radius 2 is 2.00 bits per heavy atom. The lowest BCUT2D eigenvalue weighted by molar-refractivity contribution is 0.314. The summed E-state index contributed by atoms with van der Waals surface area (Å²) in [6.07, 6.45) is 0. The molecule has 0 aromatic heterocycles. The van der Waals surface area contributed by atoms with Crippen molar-refractivity contribution in [2.75, 3.05) is 20.6 Å². The van der Waals surface area contributed by atoms with Crippen LogP contribution < -0.4 is 10.5 Å². The monoisotopic (exact) mass is 363 g/mol. The molecule has 0 fully saturated rings. The van der Waals surface area contributed by atoms with Crippen molar-refractivity contribution < 1.29 is 8.42 Å². The Hall–Kier alpha value is -0.470. The second kappa shape index (κ2) is 7.00. The second-order valence-electron chi connectivity index (χ2n) is 5.09. The molecule has 1 aromatic carbocycles. The van der Waals surface area contributed by atoms with Gasteiger partial charge in [-0.1, -0.05) is 6.07 Å². The smallest absolute Gasteiger partial charge is 0.241 e. The summed E-state index contributed by atoms with van der Waals surface area (Å²) in [5, 5.41) is 0. The predicted octanol–water partition coefficient (Wildman–Crippen LogP) is 1.44. The molecule has 1 atom stereocenters. The standard InChI is InChI=1S/C13H22BrN3O2S/c1-9-5-11(7-15)6-12(13(9)14)20(18,19)16-8-10(2)17(3)4/h5-6,10,16H,7-8,15H2,1-4H3. The van der Waals surface area contributed by atoms with Gasteiger partial charge in [-0.2, -0.15) is 0 Å². The fourth-order valence-electron chi connectivity index (χ4n) is 1.61. The van der Waals surface area contributed by atoms with Crippen LogP contribution in [0.5, 0.6) is 0 Å². The molecular weight excluding hydrogens is 342 g/mol. The van der Waals surface area contributed by atoms with E-state index in [1.165, 1.54) is 0 Å². The molecule has 0 aliphatic heterocycles. The van der Waals surface area contributed by atoms with Gasteiger partial charge in [-0.05, 0) is 61.1 Å². The number of nitrogens with zero attached hydrogens (tertiary/aromatic N) is 1. The third-order valence-electron chi connectivity index (χ3n) is 3.26. The Bertz CT molecular complexity index is 573. The first-order valence-electron chi connectivity index (χ1n) is 6.34. The summed E-state index contributed by atoms with van der Waals surface area (Å²) >= 11 is 3.34. The quantitative estimate of drug-likeness (QED) is 0.801. The number of likely N-dealkylation sites (N-methyl/N-ethyl adjacent to an activating group) is 1. The summed E-state index contributed by atoms with van der Waals surface area (Å²) in [6, 6.07) is 3.60. The largest absolute Gasteiger partial charge is 0.326 e. The Morgan fingerprint density at radius 1 is 1.40 bits per heavy atom. The van der Waals surface area contributed by atoms with Gasteiger partial charge in [-0.3, -0.25) is 0 Å². The van der Waals surface area contributed by atoms with Gasteiger partial charge in [-0.15, -0.1) is 0 Å². The number of nitrogens with one attached hydrogen (secondary N) is 1. The molecule has 0 saturated carbocycles. The van der Waals surface area contributed by atoms with Crippen molar-refractivity contribution >= 4 is 26.0 Å². The fraction of sp³-hybridized carbons (Fsp3) is 0.538. The van der Waals surface area contributed by atoms with Crippen LogP contribution in [0.1, 0.15) is 18.1 Å². The van der Waals surface area contributed by atoms with E-state index in [0.29, 0.717) is 17.6 Å². The maximum atomic E-state index is 12.4. The Balaban J connectivity index is 3.06. The Labute approximate surface area is 129 Å². The zero-order chi connectivity index (χ0) is 15.5. The first-order valence-corrected chi connectivity index (χ1v) is 8.62. The SMILES string of the molecule is Cc1cc(CN)cc(S(=O)(=O)NCC(C)N(C)C)c1Br. The van der Waals surface area contributed by atoms with Crippen LogP contribution in [0.25, 0.3) is 0 Å². The molecule has 114 valence electrons. The van der Waals surface area contributed by atoms with Gasteiger partial charge in [-0.25, -0.2) is 13.1 Å². The zero-order valence-corrected chi connectivity index (χ0v) is 14.7. The molecule has 0 heterocycles. The van der Waals surface area contributed by atoms with Crippen LogP contribution >= 0.6 is 15.9 Å². The van der Waals surface area contributed by atoms with Crippen molar-refractivity contribution in [1.29, 1.82) is 0 Å². The van der Waals surface area contributed by atoms with Gasteiger partial charge >= 0.3 is 0 Å². The lowest BCUT2D eigenvalue weighted by Crippen LogP contribution is -2.38. The van der Waals surface area contributed by atoms with E-state index < -0.39 is 10.0 Å². The summed E-state index contributed by atoms with van der Waals surface area (Å²) in [7, 11) is 0.268. The molecule has 0 aliphatic rings. The van der Waals surface area contributed by atoms with Gasteiger partial charge in [0, 0.05) is 23.6 Å². The van der Waals surface area contributed by atoms with E-state index in [4.69, 9.17) is 5.73 Å². The number of aryl methyl sites for hydroxylation is 1. The molecule has 0 spiro atoms. The normalized spacial score (nSPS) is 13.8. The molecule has 0 saturated heterocycles. The van der Waals surface area contributed by atoms with Crippen molar-refractivity contribution in [3.8, 4) is 0 Å². The van der Waals surface area contributed by atoms with Crippen LogP contribution in [0.2, 0.25) is 0 Å². The Kier molecular flexibility index (Phi) is 6.15. The molecule has 1 unspecified atom stereocenters. The van der Waals surface area contributed by atoms with Crippen LogP contribution in [0.15, 0.2) is 21.5 Å². The van der Waals surface area contributed by atoms with Gasteiger partial charge in [0.2, 0.25) is 10.0 Å². The summed E-state index contributed by atoms with van der Waals surface area (Å²) in [6.45, 7) is 4.47. The molecule has 20 heavy (non-hydrogen) atoms. The van der Waals surface area contributed by atoms with Gasteiger partial charge in [0.05, 0.1) is 4.90 Å². The van der Waals surface area contributed by atoms with E-state index in [1.54, 1.807) is 6.07 Å². The van der Waals surface area contributed by atoms with Gasteiger partial charge in [0.25, 0.3) is 0 Å². The van der Waals surface area contributed by atoms with E-state index in [9.17, 15) is 8.42 Å². The molecule has 0 radical (unpaired) electrons. The molecule has 5 nitrogen and oxygen atoms in total. The molecule has 7 heteroatoms. The highest BCUT2D eigenvalue weighted by atomic mass is 79.9. The fourth-order valence-corrected chi connectivity index (χ4v) is 3.80. The van der Waals surface area contributed by atoms with E-state index in [1.807, 2.05) is 38.9 Å². The highest BCUT2D eigenvalue weighted by molar-refractivity contribution is 9.10. The van der Waals surface area contributed by atoms with Crippen LogP contribution in [-0.2, 0) is 16.6 Å². The van der Waals surface area contributed by atoms with Gasteiger partial charge in [0.15, 0.2) is 0 Å². The highest BCUT2D eigenvalue weighted by Crippen LogP contribution is 2.27. The van der Waals surface area contributed by atoms with Crippen LogP contribution in [0.4, 0.5) is 0 Å². The summed E-state index contributed by atoms with van der Waals surface area (Å²) in [4.78, 5) is 2.20. The lowest BCUT2D eigenvalue weighted by Gasteiger charge is -2.20. The topological polar surface area (TPSA) is 75.4 Å². The number of rotatable bonds is 6. The number of sulfonamides is 1. The number of hydrogen-bond acceptors (Lipinski definition) is 4. The van der Waals surface area contributed by atoms with Crippen LogP contribution in [-0.4, -0.2) is 40.0 Å². The van der Waals surface area contributed by atoms with E-state index in [-0.39, 0.29) is 10.9 Å². The molecule has 0 bridgehead atoms. The minimum Gasteiger partial charge on any atom is -0.326 e. The first kappa shape index (κ1) is 17.6. The minimum absolute atomic E-state index is 0.113. The maximum Gasteiger partial charge on any atom is 0.241 e. The average Bonchev–Trinajstić information content (AvgIpc) is 2.38. The molecule has 1 aromatic rings. The summed E-state index contributed by atoms with van der Waals surface area (Å²) < 4.78 is 28.0. The predicted molar refractivity (Wildman–Crippen MR) is 85.1 cm³/mol. The van der Waals surface area contributed by atoms with Crippen molar-refractivity contribution in [3.63, 3.8) is 0 Å².